The van der Waals surface area contributed by atoms with Gasteiger partial charge < -0.3 is 20.4 Å². The molecule has 1 aromatic carbocycles. The molecule has 5 nitrogen and oxygen atoms in total. The van der Waals surface area contributed by atoms with Gasteiger partial charge in [0.2, 0.25) is 5.91 Å². The lowest BCUT2D eigenvalue weighted by Gasteiger charge is -2.34. The molecule has 0 atom stereocenters. The highest BCUT2D eigenvalue weighted by atomic mass is 16.1. The van der Waals surface area contributed by atoms with Crippen molar-refractivity contribution in [3.8, 4) is 0 Å². The quantitative estimate of drug-likeness (QED) is 0.721. The zero-order valence-electron chi connectivity index (χ0n) is 14.5. The number of rotatable bonds is 8. The van der Waals surface area contributed by atoms with E-state index in [9.17, 15) is 4.79 Å². The van der Waals surface area contributed by atoms with Crippen molar-refractivity contribution in [1.82, 2.24) is 10.2 Å². The van der Waals surface area contributed by atoms with Gasteiger partial charge in [0.15, 0.2) is 0 Å². The topological polar surface area (TPSA) is 47.6 Å². The van der Waals surface area contributed by atoms with Crippen LogP contribution in [0.2, 0.25) is 0 Å². The minimum Gasteiger partial charge on any atom is -0.369 e. The molecular formula is C18H30N4O. The molecule has 0 radical (unpaired) electrons. The first kappa shape index (κ1) is 17.8. The summed E-state index contributed by atoms with van der Waals surface area (Å²) in [6, 6.07) is 8.16. The monoisotopic (exact) mass is 318 g/mol. The highest BCUT2D eigenvalue weighted by Gasteiger charge is 2.14. The minimum atomic E-state index is 0.0221. The number of carbonyl (C=O) groups excluding carboxylic acids is 1. The average Bonchev–Trinajstić information content (AvgIpc) is 2.56. The molecule has 0 saturated carbocycles. The maximum absolute atomic E-state index is 11.9. The molecule has 0 unspecified atom stereocenters. The Labute approximate surface area is 140 Å². The molecule has 0 bridgehead atoms. The van der Waals surface area contributed by atoms with Crippen LogP contribution in [0.3, 0.4) is 0 Å². The summed E-state index contributed by atoms with van der Waals surface area (Å²) in [4.78, 5) is 16.6. The normalized spacial score (nSPS) is 15.7. The van der Waals surface area contributed by atoms with E-state index in [0.29, 0.717) is 6.54 Å². The summed E-state index contributed by atoms with van der Waals surface area (Å²) in [5.74, 6) is 0.0221. The van der Waals surface area contributed by atoms with E-state index in [2.05, 4.69) is 46.5 Å². The smallest absolute Gasteiger partial charge is 0.238 e. The van der Waals surface area contributed by atoms with Crippen LogP contribution in [-0.4, -0.2) is 57.1 Å². The van der Waals surface area contributed by atoms with Gasteiger partial charge in [0.05, 0.1) is 6.54 Å². The van der Waals surface area contributed by atoms with E-state index in [4.69, 9.17) is 0 Å². The number of anilines is 2. The van der Waals surface area contributed by atoms with Crippen LogP contribution in [0.4, 0.5) is 11.4 Å². The lowest BCUT2D eigenvalue weighted by molar-refractivity contribution is -0.115. The van der Waals surface area contributed by atoms with Crippen molar-refractivity contribution >= 4 is 17.3 Å². The number of likely N-dealkylation sites (N-methyl/N-ethyl adjacent to an activating group) is 1. The number of nitrogens with one attached hydrogen (secondary N) is 2. The summed E-state index contributed by atoms with van der Waals surface area (Å²) in [5.41, 5.74) is 2.09. The number of hydrogen-bond acceptors (Lipinski definition) is 4. The van der Waals surface area contributed by atoms with E-state index >= 15 is 0 Å². The molecule has 1 aliphatic heterocycles. The molecular weight excluding hydrogens is 288 g/mol. The summed E-state index contributed by atoms with van der Waals surface area (Å²) < 4.78 is 0. The van der Waals surface area contributed by atoms with Crippen molar-refractivity contribution in [2.75, 3.05) is 56.5 Å². The van der Waals surface area contributed by atoms with Crippen molar-refractivity contribution in [1.29, 1.82) is 0 Å². The lowest BCUT2D eigenvalue weighted by Crippen LogP contribution is -2.44. The summed E-state index contributed by atoms with van der Waals surface area (Å²) in [6.07, 6.45) is 3.54. The van der Waals surface area contributed by atoms with E-state index in [1.54, 1.807) is 0 Å². The number of benzene rings is 1. The van der Waals surface area contributed by atoms with Gasteiger partial charge in [-0.1, -0.05) is 19.8 Å². The van der Waals surface area contributed by atoms with E-state index in [1.807, 2.05) is 12.1 Å². The fraction of sp³-hybridized carbons (Fsp3) is 0.611. The number of nitrogens with zero attached hydrogens (tertiary/aromatic N) is 2. The van der Waals surface area contributed by atoms with Crippen LogP contribution in [0, 0.1) is 0 Å². The SMILES string of the molecule is CCCCCNCC(=O)Nc1ccc(N2CCN(C)CC2)cc1. The lowest BCUT2D eigenvalue weighted by atomic mass is 10.2. The Bertz CT molecular complexity index is 466. The van der Waals surface area contributed by atoms with Crippen LogP contribution in [0.15, 0.2) is 24.3 Å². The van der Waals surface area contributed by atoms with E-state index < -0.39 is 0 Å². The fourth-order valence-electron chi connectivity index (χ4n) is 2.73. The Hall–Kier alpha value is -1.59. The summed E-state index contributed by atoms with van der Waals surface area (Å²) in [7, 11) is 2.16. The predicted octanol–water partition coefficient (Wildman–Crippen LogP) is 2.16. The van der Waals surface area contributed by atoms with E-state index in [1.165, 1.54) is 18.5 Å². The van der Waals surface area contributed by atoms with Crippen molar-refractivity contribution in [3.05, 3.63) is 24.3 Å². The average molecular weight is 318 g/mol. The zero-order chi connectivity index (χ0) is 16.5. The van der Waals surface area contributed by atoms with Crippen molar-refractivity contribution in [3.63, 3.8) is 0 Å². The number of hydrogen-bond donors (Lipinski definition) is 2. The highest BCUT2D eigenvalue weighted by Crippen LogP contribution is 2.19. The van der Waals surface area contributed by atoms with Gasteiger partial charge >= 0.3 is 0 Å². The fourth-order valence-corrected chi connectivity index (χ4v) is 2.73. The first-order chi connectivity index (χ1) is 11.2. The molecule has 0 aromatic heterocycles. The Morgan fingerprint density at radius 3 is 2.43 bits per heavy atom. The number of carbonyl (C=O) groups is 1. The molecule has 1 amide bonds. The van der Waals surface area contributed by atoms with Gasteiger partial charge in [0, 0.05) is 37.6 Å². The molecule has 128 valence electrons. The molecule has 1 aliphatic rings. The molecule has 2 rings (SSSR count). The Kier molecular flexibility index (Phi) is 7.36. The van der Waals surface area contributed by atoms with Crippen LogP contribution in [-0.2, 0) is 4.79 Å². The van der Waals surface area contributed by atoms with Crippen molar-refractivity contribution in [2.24, 2.45) is 0 Å². The summed E-state index contributed by atoms with van der Waals surface area (Å²) in [6.45, 7) is 7.78. The molecule has 1 saturated heterocycles. The summed E-state index contributed by atoms with van der Waals surface area (Å²) in [5, 5.41) is 6.12. The second-order valence-electron chi connectivity index (χ2n) is 6.27. The Morgan fingerprint density at radius 1 is 1.09 bits per heavy atom. The molecule has 2 N–H and O–H groups in total. The Morgan fingerprint density at radius 2 is 1.78 bits per heavy atom. The molecule has 0 aliphatic carbocycles. The zero-order valence-corrected chi connectivity index (χ0v) is 14.5. The van der Waals surface area contributed by atoms with Crippen LogP contribution in [0.25, 0.3) is 0 Å². The second kappa shape index (κ2) is 9.53. The summed E-state index contributed by atoms with van der Waals surface area (Å²) >= 11 is 0. The minimum absolute atomic E-state index is 0.0221. The standard InChI is InChI=1S/C18H30N4O/c1-3-4-5-10-19-15-18(23)20-16-6-8-17(9-7-16)22-13-11-21(2)12-14-22/h6-9,19H,3-5,10-15H2,1-2H3,(H,20,23). The van der Waals surface area contributed by atoms with Crippen LogP contribution >= 0.6 is 0 Å². The first-order valence-electron chi connectivity index (χ1n) is 8.73. The van der Waals surface area contributed by atoms with Gasteiger partial charge in [-0.3, -0.25) is 4.79 Å². The molecule has 1 heterocycles. The van der Waals surface area contributed by atoms with E-state index in [-0.39, 0.29) is 5.91 Å². The Balaban J connectivity index is 1.73. The number of unbranched alkanes of at least 4 members (excludes halogenated alkanes) is 2. The van der Waals surface area contributed by atoms with Gasteiger partial charge in [-0.05, 0) is 44.3 Å². The molecule has 1 aromatic rings. The van der Waals surface area contributed by atoms with Gasteiger partial charge in [-0.2, -0.15) is 0 Å². The third-order valence-electron chi connectivity index (χ3n) is 4.26. The van der Waals surface area contributed by atoms with Crippen molar-refractivity contribution < 1.29 is 4.79 Å². The van der Waals surface area contributed by atoms with Crippen LogP contribution < -0.4 is 15.5 Å². The number of amides is 1. The second-order valence-corrected chi connectivity index (χ2v) is 6.27. The molecule has 23 heavy (non-hydrogen) atoms. The van der Waals surface area contributed by atoms with Gasteiger partial charge in [0.1, 0.15) is 0 Å². The van der Waals surface area contributed by atoms with Crippen molar-refractivity contribution in [2.45, 2.75) is 26.2 Å². The maximum atomic E-state index is 11.9. The largest absolute Gasteiger partial charge is 0.369 e. The van der Waals surface area contributed by atoms with Gasteiger partial charge in [-0.25, -0.2) is 0 Å². The van der Waals surface area contributed by atoms with Crippen LogP contribution in [0.5, 0.6) is 0 Å². The van der Waals surface area contributed by atoms with Gasteiger partial charge in [-0.15, -0.1) is 0 Å². The maximum Gasteiger partial charge on any atom is 0.238 e. The van der Waals surface area contributed by atoms with E-state index in [0.717, 1.165) is 44.8 Å². The molecule has 5 heteroatoms. The van der Waals surface area contributed by atoms with Gasteiger partial charge in [0.25, 0.3) is 0 Å². The predicted molar refractivity (Wildman–Crippen MR) is 97.2 cm³/mol. The third kappa shape index (κ3) is 6.20. The highest BCUT2D eigenvalue weighted by molar-refractivity contribution is 5.92. The van der Waals surface area contributed by atoms with Crippen LogP contribution in [0.1, 0.15) is 26.2 Å². The number of piperazine rings is 1. The third-order valence-corrected chi connectivity index (χ3v) is 4.26. The first-order valence-corrected chi connectivity index (χ1v) is 8.73. The molecule has 0 spiro atoms. The molecule has 1 fully saturated rings.